The van der Waals surface area contributed by atoms with E-state index in [4.69, 9.17) is 5.84 Å². The van der Waals surface area contributed by atoms with Gasteiger partial charge in [-0.05, 0) is 19.1 Å². The molecule has 0 saturated heterocycles. The lowest BCUT2D eigenvalue weighted by Gasteiger charge is -2.07. The second-order valence-electron chi connectivity index (χ2n) is 2.92. The first-order chi connectivity index (χ1) is 7.13. The van der Waals surface area contributed by atoms with Crippen molar-refractivity contribution < 1.29 is 9.59 Å². The minimum absolute atomic E-state index is 0.679. The predicted molar refractivity (Wildman–Crippen MR) is 55.3 cm³/mol. The van der Waals surface area contributed by atoms with Gasteiger partial charge < -0.3 is 0 Å². The molecule has 0 spiro atoms. The number of hydrogen-bond donors (Lipinski definition) is 4. The number of anilines is 1. The Bertz CT molecular complexity index is 361. The summed E-state index contributed by atoms with van der Waals surface area (Å²) >= 11 is 0. The molecule has 1 rings (SSSR count). The first kappa shape index (κ1) is 11.0. The molecule has 0 saturated carbocycles. The molecule has 0 unspecified atom stereocenters. The zero-order valence-electron chi connectivity index (χ0n) is 8.20. The van der Waals surface area contributed by atoms with Crippen LogP contribution in [0.5, 0.6) is 0 Å². The molecule has 0 aliphatic heterocycles. The molecule has 6 heteroatoms. The van der Waals surface area contributed by atoms with Gasteiger partial charge in [-0.25, -0.2) is 5.84 Å². The van der Waals surface area contributed by atoms with Crippen LogP contribution in [0.3, 0.4) is 0 Å². The summed E-state index contributed by atoms with van der Waals surface area (Å²) in [5, 5.41) is 0. The van der Waals surface area contributed by atoms with Crippen LogP contribution in [0.2, 0.25) is 0 Å². The van der Waals surface area contributed by atoms with Gasteiger partial charge in [0, 0.05) is 0 Å². The molecule has 80 valence electrons. The number of benzene rings is 1. The Kier molecular flexibility index (Phi) is 3.64. The molecular weight excluding hydrogens is 196 g/mol. The van der Waals surface area contributed by atoms with E-state index in [0.717, 1.165) is 5.56 Å². The average molecular weight is 208 g/mol. The Hall–Kier alpha value is -2.08. The van der Waals surface area contributed by atoms with Crippen LogP contribution in [0.15, 0.2) is 24.3 Å². The topological polar surface area (TPSA) is 96.2 Å². The molecule has 0 aromatic heterocycles. The SMILES string of the molecule is Cc1ccc(NNC(=O)C(=O)NN)cc1. The van der Waals surface area contributed by atoms with Gasteiger partial charge in [-0.2, -0.15) is 0 Å². The van der Waals surface area contributed by atoms with Crippen molar-refractivity contribution in [1.29, 1.82) is 0 Å². The molecule has 1 aromatic rings. The zero-order chi connectivity index (χ0) is 11.3. The number of nitrogens with one attached hydrogen (secondary N) is 3. The number of aryl methyl sites for hydroxylation is 1. The number of amides is 2. The number of carbonyl (C=O) groups excluding carboxylic acids is 2. The fraction of sp³-hybridized carbons (Fsp3) is 0.111. The molecule has 1 aromatic carbocycles. The number of carbonyl (C=O) groups is 2. The van der Waals surface area contributed by atoms with E-state index >= 15 is 0 Å². The molecule has 0 heterocycles. The fourth-order valence-electron chi connectivity index (χ4n) is 0.888. The average Bonchev–Trinajstić information content (AvgIpc) is 2.26. The van der Waals surface area contributed by atoms with Crippen LogP contribution in [0.25, 0.3) is 0 Å². The van der Waals surface area contributed by atoms with Crippen LogP contribution in [0.1, 0.15) is 5.56 Å². The second-order valence-corrected chi connectivity index (χ2v) is 2.92. The molecular formula is C9H12N4O2. The Morgan fingerprint density at radius 2 is 1.73 bits per heavy atom. The zero-order valence-corrected chi connectivity index (χ0v) is 8.20. The van der Waals surface area contributed by atoms with E-state index in [1.54, 1.807) is 17.6 Å². The van der Waals surface area contributed by atoms with Gasteiger partial charge in [-0.15, -0.1) is 0 Å². The molecule has 5 N–H and O–H groups in total. The van der Waals surface area contributed by atoms with E-state index in [2.05, 4.69) is 10.9 Å². The number of hydrazine groups is 2. The normalized spacial score (nSPS) is 9.20. The molecule has 0 atom stereocenters. The quantitative estimate of drug-likeness (QED) is 0.226. The Morgan fingerprint density at radius 3 is 2.27 bits per heavy atom. The van der Waals surface area contributed by atoms with Crippen molar-refractivity contribution >= 4 is 17.5 Å². The van der Waals surface area contributed by atoms with Crippen molar-refractivity contribution in [2.75, 3.05) is 5.43 Å². The van der Waals surface area contributed by atoms with Gasteiger partial charge in [0.05, 0.1) is 5.69 Å². The van der Waals surface area contributed by atoms with Gasteiger partial charge in [0.25, 0.3) is 0 Å². The van der Waals surface area contributed by atoms with Gasteiger partial charge >= 0.3 is 11.8 Å². The van der Waals surface area contributed by atoms with Crippen LogP contribution in [-0.2, 0) is 9.59 Å². The summed E-state index contributed by atoms with van der Waals surface area (Å²) in [5.74, 6) is 3.02. The molecule has 0 radical (unpaired) electrons. The van der Waals surface area contributed by atoms with Gasteiger partial charge in [0.1, 0.15) is 0 Å². The van der Waals surface area contributed by atoms with Crippen LogP contribution in [0.4, 0.5) is 5.69 Å². The van der Waals surface area contributed by atoms with E-state index in [-0.39, 0.29) is 0 Å². The summed E-state index contributed by atoms with van der Waals surface area (Å²) in [6.45, 7) is 1.95. The maximum atomic E-state index is 10.9. The lowest BCUT2D eigenvalue weighted by atomic mass is 10.2. The van der Waals surface area contributed by atoms with Crippen LogP contribution in [0, 0.1) is 6.92 Å². The fourth-order valence-corrected chi connectivity index (χ4v) is 0.888. The number of hydrogen-bond acceptors (Lipinski definition) is 4. The summed E-state index contributed by atoms with van der Waals surface area (Å²) in [6.07, 6.45) is 0. The van der Waals surface area contributed by atoms with E-state index in [9.17, 15) is 9.59 Å². The maximum absolute atomic E-state index is 10.9. The third-order valence-corrected chi connectivity index (χ3v) is 1.71. The largest absolute Gasteiger partial charge is 0.328 e. The highest BCUT2D eigenvalue weighted by molar-refractivity contribution is 6.35. The van der Waals surface area contributed by atoms with Crippen LogP contribution < -0.4 is 22.1 Å². The van der Waals surface area contributed by atoms with E-state index < -0.39 is 11.8 Å². The van der Waals surface area contributed by atoms with Gasteiger partial charge in [0.2, 0.25) is 0 Å². The lowest BCUT2D eigenvalue weighted by Crippen LogP contribution is -2.45. The number of nitrogens with two attached hydrogens (primary N) is 1. The third-order valence-electron chi connectivity index (χ3n) is 1.71. The Balaban J connectivity index is 2.47. The highest BCUT2D eigenvalue weighted by atomic mass is 16.2. The molecule has 0 aliphatic carbocycles. The van der Waals surface area contributed by atoms with Crippen molar-refractivity contribution in [3.63, 3.8) is 0 Å². The predicted octanol–water partition coefficient (Wildman–Crippen LogP) is -0.572. The minimum atomic E-state index is -0.908. The van der Waals surface area contributed by atoms with Crippen molar-refractivity contribution in [1.82, 2.24) is 10.9 Å². The summed E-state index contributed by atoms with van der Waals surface area (Å²) in [6, 6.07) is 7.29. The number of rotatable bonds is 2. The highest BCUT2D eigenvalue weighted by Gasteiger charge is 2.09. The molecule has 0 aliphatic rings. The van der Waals surface area contributed by atoms with E-state index in [0.29, 0.717) is 5.69 Å². The van der Waals surface area contributed by atoms with Crippen molar-refractivity contribution in [3.05, 3.63) is 29.8 Å². The van der Waals surface area contributed by atoms with E-state index in [1.165, 1.54) is 0 Å². The summed E-state index contributed by atoms with van der Waals surface area (Å²) < 4.78 is 0. The Morgan fingerprint density at radius 1 is 1.13 bits per heavy atom. The smallest absolute Gasteiger partial charge is 0.298 e. The summed E-state index contributed by atoms with van der Waals surface area (Å²) in [4.78, 5) is 21.6. The molecule has 0 fully saturated rings. The monoisotopic (exact) mass is 208 g/mol. The van der Waals surface area contributed by atoms with Gasteiger partial charge in [-0.3, -0.25) is 25.9 Å². The molecule has 6 nitrogen and oxygen atoms in total. The van der Waals surface area contributed by atoms with Crippen LogP contribution in [-0.4, -0.2) is 11.8 Å². The van der Waals surface area contributed by atoms with Gasteiger partial charge in [0.15, 0.2) is 0 Å². The van der Waals surface area contributed by atoms with E-state index in [1.807, 2.05) is 19.1 Å². The summed E-state index contributed by atoms with van der Waals surface area (Å²) in [7, 11) is 0. The first-order valence-electron chi connectivity index (χ1n) is 4.27. The standard InChI is InChI=1S/C9H12N4O2/c1-6-2-4-7(5-3-6)12-13-9(15)8(14)11-10/h2-5,12H,10H2,1H3,(H,11,14)(H,13,15). The molecule has 0 bridgehead atoms. The van der Waals surface area contributed by atoms with Gasteiger partial charge in [-0.1, -0.05) is 17.7 Å². The maximum Gasteiger partial charge on any atom is 0.328 e. The molecule has 2 amide bonds. The van der Waals surface area contributed by atoms with Crippen molar-refractivity contribution in [2.45, 2.75) is 6.92 Å². The first-order valence-corrected chi connectivity index (χ1v) is 4.27. The lowest BCUT2D eigenvalue weighted by molar-refractivity contribution is -0.138. The van der Waals surface area contributed by atoms with Crippen molar-refractivity contribution in [3.8, 4) is 0 Å². The third kappa shape index (κ3) is 3.28. The minimum Gasteiger partial charge on any atom is -0.298 e. The molecule has 15 heavy (non-hydrogen) atoms. The van der Waals surface area contributed by atoms with Crippen LogP contribution >= 0.6 is 0 Å². The second kappa shape index (κ2) is 4.97. The Labute approximate surface area is 86.8 Å². The summed E-state index contributed by atoms with van der Waals surface area (Å²) in [5.41, 5.74) is 8.26. The van der Waals surface area contributed by atoms with Crippen molar-refractivity contribution in [2.24, 2.45) is 5.84 Å². The highest BCUT2D eigenvalue weighted by Crippen LogP contribution is 2.06.